The third kappa shape index (κ3) is 7.99. The number of amides is 2. The predicted molar refractivity (Wildman–Crippen MR) is 158 cm³/mol. The SMILES string of the molecule is CCCNC(=O)C(CC)N(Cc1ccc(Cl)cc1)C(=O)CN(c1ccc(OCC)cc1)S(=O)(=O)c1ccccc1. The maximum absolute atomic E-state index is 14.0. The number of carbonyl (C=O) groups is 2. The highest BCUT2D eigenvalue weighted by Crippen LogP contribution is 2.27. The third-order valence-electron chi connectivity index (χ3n) is 6.25. The summed E-state index contributed by atoms with van der Waals surface area (Å²) < 4.78 is 34.3. The Bertz CT molecular complexity index is 1350. The Morgan fingerprint density at radius 2 is 1.57 bits per heavy atom. The van der Waals surface area contributed by atoms with Crippen LogP contribution in [0.25, 0.3) is 0 Å². The van der Waals surface area contributed by atoms with Crippen LogP contribution in [0.4, 0.5) is 5.69 Å². The van der Waals surface area contributed by atoms with E-state index < -0.39 is 28.5 Å². The molecule has 0 spiro atoms. The van der Waals surface area contributed by atoms with Crippen LogP contribution >= 0.6 is 11.6 Å². The summed E-state index contributed by atoms with van der Waals surface area (Å²) in [6.45, 7) is 6.16. The summed E-state index contributed by atoms with van der Waals surface area (Å²) in [6, 6.07) is 20.7. The first-order valence-electron chi connectivity index (χ1n) is 13.3. The van der Waals surface area contributed by atoms with Gasteiger partial charge in [-0.2, -0.15) is 0 Å². The highest BCUT2D eigenvalue weighted by atomic mass is 35.5. The minimum atomic E-state index is -4.13. The largest absolute Gasteiger partial charge is 0.494 e. The van der Waals surface area contributed by atoms with Gasteiger partial charge < -0.3 is 15.0 Å². The molecule has 0 aromatic heterocycles. The molecular formula is C30H36ClN3O5S. The summed E-state index contributed by atoms with van der Waals surface area (Å²) in [5.41, 5.74) is 1.06. The van der Waals surface area contributed by atoms with Gasteiger partial charge in [0.2, 0.25) is 11.8 Å². The topological polar surface area (TPSA) is 96.0 Å². The minimum Gasteiger partial charge on any atom is -0.494 e. The lowest BCUT2D eigenvalue weighted by molar-refractivity contribution is -0.140. The lowest BCUT2D eigenvalue weighted by atomic mass is 10.1. The Morgan fingerprint density at radius 1 is 0.925 bits per heavy atom. The summed E-state index contributed by atoms with van der Waals surface area (Å²) in [6.07, 6.45) is 1.09. The zero-order valence-corrected chi connectivity index (χ0v) is 24.6. The van der Waals surface area contributed by atoms with Crippen molar-refractivity contribution in [1.82, 2.24) is 10.2 Å². The smallest absolute Gasteiger partial charge is 0.264 e. The number of ether oxygens (including phenoxy) is 1. The third-order valence-corrected chi connectivity index (χ3v) is 8.29. The van der Waals surface area contributed by atoms with Crippen LogP contribution in [-0.4, -0.2) is 50.9 Å². The van der Waals surface area contributed by atoms with E-state index >= 15 is 0 Å². The van der Waals surface area contributed by atoms with E-state index in [0.29, 0.717) is 36.0 Å². The van der Waals surface area contributed by atoms with Crippen LogP contribution in [0.1, 0.15) is 39.2 Å². The van der Waals surface area contributed by atoms with Crippen molar-refractivity contribution in [3.05, 3.63) is 89.4 Å². The summed E-state index contributed by atoms with van der Waals surface area (Å²) in [4.78, 5) is 28.6. The molecule has 214 valence electrons. The van der Waals surface area contributed by atoms with Gasteiger partial charge in [-0.1, -0.05) is 55.8 Å². The van der Waals surface area contributed by atoms with Gasteiger partial charge in [0.1, 0.15) is 18.3 Å². The number of hydrogen-bond acceptors (Lipinski definition) is 5. The first-order valence-corrected chi connectivity index (χ1v) is 15.1. The highest BCUT2D eigenvalue weighted by Gasteiger charge is 2.33. The summed E-state index contributed by atoms with van der Waals surface area (Å²) in [5, 5.41) is 3.42. The van der Waals surface area contributed by atoms with Crippen molar-refractivity contribution in [3.8, 4) is 5.75 Å². The summed E-state index contributed by atoms with van der Waals surface area (Å²) >= 11 is 6.06. The monoisotopic (exact) mass is 585 g/mol. The normalized spacial score (nSPS) is 11.9. The second-order valence-corrected chi connectivity index (χ2v) is 11.4. The maximum Gasteiger partial charge on any atom is 0.264 e. The van der Waals surface area contributed by atoms with Gasteiger partial charge in [0.25, 0.3) is 10.0 Å². The van der Waals surface area contributed by atoms with Crippen molar-refractivity contribution < 1.29 is 22.7 Å². The quantitative estimate of drug-likeness (QED) is 0.278. The van der Waals surface area contributed by atoms with E-state index in [9.17, 15) is 18.0 Å². The summed E-state index contributed by atoms with van der Waals surface area (Å²) in [7, 11) is -4.13. The van der Waals surface area contributed by atoms with E-state index in [1.54, 1.807) is 66.7 Å². The molecule has 0 radical (unpaired) electrons. The van der Waals surface area contributed by atoms with E-state index in [4.69, 9.17) is 16.3 Å². The molecule has 3 rings (SSSR count). The molecule has 0 heterocycles. The predicted octanol–water partition coefficient (Wildman–Crippen LogP) is 5.27. The average molecular weight is 586 g/mol. The van der Waals surface area contributed by atoms with Crippen molar-refractivity contribution >= 4 is 39.1 Å². The Kier molecular flexibility index (Phi) is 11.4. The Balaban J connectivity index is 2.03. The first-order chi connectivity index (χ1) is 19.2. The van der Waals surface area contributed by atoms with Crippen LogP contribution in [0.5, 0.6) is 5.75 Å². The van der Waals surface area contributed by atoms with Crippen LogP contribution in [0.3, 0.4) is 0 Å². The van der Waals surface area contributed by atoms with Crippen molar-refractivity contribution in [3.63, 3.8) is 0 Å². The average Bonchev–Trinajstić information content (AvgIpc) is 2.96. The van der Waals surface area contributed by atoms with Gasteiger partial charge in [0.05, 0.1) is 17.2 Å². The molecule has 1 atom stereocenters. The molecule has 0 fully saturated rings. The van der Waals surface area contributed by atoms with Gasteiger partial charge in [0.15, 0.2) is 0 Å². The van der Waals surface area contributed by atoms with E-state index in [2.05, 4.69) is 5.32 Å². The number of halogens is 1. The number of nitrogens with zero attached hydrogens (tertiary/aromatic N) is 2. The van der Waals surface area contributed by atoms with Gasteiger partial charge in [-0.3, -0.25) is 13.9 Å². The zero-order chi connectivity index (χ0) is 29.1. The Hall–Kier alpha value is -3.56. The number of carbonyl (C=O) groups excluding carboxylic acids is 2. The van der Waals surface area contributed by atoms with E-state index in [1.165, 1.54) is 17.0 Å². The molecule has 3 aromatic rings. The van der Waals surface area contributed by atoms with Crippen molar-refractivity contribution in [1.29, 1.82) is 0 Å². The summed E-state index contributed by atoms with van der Waals surface area (Å²) in [5.74, 6) is -0.218. The molecule has 40 heavy (non-hydrogen) atoms. The number of sulfonamides is 1. The Labute approximate surface area is 241 Å². The fraction of sp³-hybridized carbons (Fsp3) is 0.333. The lowest BCUT2D eigenvalue weighted by Crippen LogP contribution is -2.52. The second-order valence-electron chi connectivity index (χ2n) is 9.11. The highest BCUT2D eigenvalue weighted by molar-refractivity contribution is 7.92. The van der Waals surface area contributed by atoms with Gasteiger partial charge in [-0.25, -0.2) is 8.42 Å². The molecule has 0 aliphatic carbocycles. The van der Waals surface area contributed by atoms with Crippen molar-refractivity contribution in [2.24, 2.45) is 0 Å². The van der Waals surface area contributed by atoms with Crippen LogP contribution < -0.4 is 14.4 Å². The number of rotatable bonds is 14. The van der Waals surface area contributed by atoms with E-state index in [0.717, 1.165) is 16.3 Å². The van der Waals surface area contributed by atoms with Gasteiger partial charge in [-0.15, -0.1) is 0 Å². The molecule has 8 nitrogen and oxygen atoms in total. The maximum atomic E-state index is 14.0. The van der Waals surface area contributed by atoms with Gasteiger partial charge >= 0.3 is 0 Å². The first kappa shape index (κ1) is 31.0. The standard InChI is InChI=1S/C30H36ClN3O5S/c1-4-20-32-30(36)28(5-2)33(21-23-12-14-24(31)15-13-23)29(35)22-34(25-16-18-26(19-17-25)39-6-3)40(37,38)27-10-8-7-9-11-27/h7-19,28H,4-6,20-22H2,1-3H3,(H,32,36). The molecule has 1 N–H and O–H groups in total. The number of hydrogen-bond donors (Lipinski definition) is 1. The molecule has 0 bridgehead atoms. The van der Waals surface area contributed by atoms with Crippen LogP contribution in [0.2, 0.25) is 5.02 Å². The molecule has 0 saturated heterocycles. The molecule has 0 saturated carbocycles. The van der Waals surface area contributed by atoms with Crippen LogP contribution in [-0.2, 0) is 26.2 Å². The van der Waals surface area contributed by atoms with E-state index in [-0.39, 0.29) is 17.3 Å². The van der Waals surface area contributed by atoms with E-state index in [1.807, 2.05) is 20.8 Å². The molecule has 1 unspecified atom stereocenters. The van der Waals surface area contributed by atoms with Crippen molar-refractivity contribution in [2.45, 2.75) is 51.1 Å². The number of benzene rings is 3. The Morgan fingerprint density at radius 3 is 2.15 bits per heavy atom. The number of anilines is 1. The van der Waals surface area contributed by atoms with Gasteiger partial charge in [0, 0.05) is 18.1 Å². The molecule has 3 aromatic carbocycles. The van der Waals surface area contributed by atoms with Crippen LogP contribution in [0.15, 0.2) is 83.8 Å². The number of nitrogens with one attached hydrogen (secondary N) is 1. The van der Waals surface area contributed by atoms with Crippen molar-refractivity contribution in [2.75, 3.05) is 24.0 Å². The molecular weight excluding hydrogens is 550 g/mol. The zero-order valence-electron chi connectivity index (χ0n) is 23.0. The van der Waals surface area contributed by atoms with Crippen LogP contribution in [0, 0.1) is 0 Å². The molecule has 2 amide bonds. The molecule has 10 heteroatoms. The molecule has 0 aliphatic rings. The minimum absolute atomic E-state index is 0.0497. The molecule has 0 aliphatic heterocycles. The van der Waals surface area contributed by atoms with Gasteiger partial charge in [-0.05, 0) is 73.9 Å². The fourth-order valence-corrected chi connectivity index (χ4v) is 5.76. The fourth-order valence-electron chi connectivity index (χ4n) is 4.20. The lowest BCUT2D eigenvalue weighted by Gasteiger charge is -2.33. The second kappa shape index (κ2) is 14.7.